The van der Waals surface area contributed by atoms with Crippen LogP contribution in [0.3, 0.4) is 0 Å². The van der Waals surface area contributed by atoms with Gasteiger partial charge in [0.25, 0.3) is 0 Å². The molecular weight excluding hydrogens is 274 g/mol. The third kappa shape index (κ3) is 3.64. The number of halogens is 2. The zero-order valence-electron chi connectivity index (χ0n) is 11.5. The number of nitrogens with one attached hydrogen (secondary N) is 1. The van der Waals surface area contributed by atoms with E-state index in [1.807, 2.05) is 6.07 Å². The molecular formula is C16H16F2N2O. The van der Waals surface area contributed by atoms with E-state index >= 15 is 0 Å². The summed E-state index contributed by atoms with van der Waals surface area (Å²) < 4.78 is 27.0. The van der Waals surface area contributed by atoms with E-state index in [2.05, 4.69) is 5.32 Å². The van der Waals surface area contributed by atoms with E-state index in [9.17, 15) is 13.6 Å². The van der Waals surface area contributed by atoms with Crippen LogP contribution < -0.4 is 11.1 Å². The van der Waals surface area contributed by atoms with Gasteiger partial charge < -0.3 is 5.73 Å². The number of nitrogens with two attached hydrogens (primary N) is 1. The van der Waals surface area contributed by atoms with Crippen molar-refractivity contribution >= 4 is 5.91 Å². The lowest BCUT2D eigenvalue weighted by Crippen LogP contribution is -2.35. The first-order chi connectivity index (χ1) is 9.99. The lowest BCUT2D eigenvalue weighted by Gasteiger charge is -2.22. The molecule has 0 radical (unpaired) electrons. The lowest BCUT2D eigenvalue weighted by molar-refractivity contribution is -0.120. The molecule has 0 fully saturated rings. The van der Waals surface area contributed by atoms with Crippen LogP contribution in [-0.4, -0.2) is 5.91 Å². The highest BCUT2D eigenvalue weighted by Gasteiger charge is 2.22. The van der Waals surface area contributed by atoms with Crippen LogP contribution in [0.4, 0.5) is 8.78 Å². The van der Waals surface area contributed by atoms with Crippen molar-refractivity contribution in [2.45, 2.75) is 19.0 Å². The molecule has 5 heteroatoms. The molecule has 0 aromatic heterocycles. The van der Waals surface area contributed by atoms with Gasteiger partial charge in [0.15, 0.2) is 0 Å². The summed E-state index contributed by atoms with van der Waals surface area (Å²) >= 11 is 0. The maximum absolute atomic E-state index is 13.8. The van der Waals surface area contributed by atoms with Crippen molar-refractivity contribution in [1.29, 1.82) is 0 Å². The molecule has 0 spiro atoms. The van der Waals surface area contributed by atoms with Crippen molar-refractivity contribution in [2.24, 2.45) is 5.73 Å². The normalized spacial score (nSPS) is 13.7. The first-order valence-electron chi connectivity index (χ1n) is 6.54. The Morgan fingerprint density at radius 1 is 1.14 bits per heavy atom. The molecule has 21 heavy (non-hydrogen) atoms. The van der Waals surface area contributed by atoms with E-state index in [0.717, 1.165) is 18.2 Å². The van der Waals surface area contributed by atoms with Crippen molar-refractivity contribution in [1.82, 2.24) is 5.32 Å². The molecule has 0 aliphatic carbocycles. The molecule has 0 unspecified atom stereocenters. The van der Waals surface area contributed by atoms with Crippen LogP contribution in [0.25, 0.3) is 0 Å². The molecule has 2 rings (SSSR count). The maximum Gasteiger partial charge on any atom is 0.239 e. The van der Waals surface area contributed by atoms with E-state index < -0.39 is 29.6 Å². The van der Waals surface area contributed by atoms with Crippen LogP contribution in [0.5, 0.6) is 0 Å². The zero-order valence-corrected chi connectivity index (χ0v) is 11.5. The summed E-state index contributed by atoms with van der Waals surface area (Å²) in [6.45, 7) is 1.65. The van der Waals surface area contributed by atoms with E-state index in [-0.39, 0.29) is 5.56 Å². The van der Waals surface area contributed by atoms with Crippen LogP contribution >= 0.6 is 0 Å². The van der Waals surface area contributed by atoms with Crippen LogP contribution in [0.15, 0.2) is 48.5 Å². The molecule has 3 nitrogen and oxygen atoms in total. The second-order valence-corrected chi connectivity index (χ2v) is 4.80. The van der Waals surface area contributed by atoms with E-state index in [1.165, 1.54) is 0 Å². The second-order valence-electron chi connectivity index (χ2n) is 4.80. The summed E-state index contributed by atoms with van der Waals surface area (Å²) in [5, 5.41) is 2.94. The fraction of sp³-hybridized carbons (Fsp3) is 0.188. The Morgan fingerprint density at radius 2 is 1.81 bits per heavy atom. The standard InChI is InChI=1S/C16H16F2N2O/c1-10(13-9-12(17)7-8-14(13)18)20-15(16(19)21)11-5-3-2-4-6-11/h2-10,15,20H,1H3,(H2,19,21)/t10-,15+/m0/s1. The van der Waals surface area contributed by atoms with Gasteiger partial charge in [-0.25, -0.2) is 8.78 Å². The van der Waals surface area contributed by atoms with Gasteiger partial charge in [0.1, 0.15) is 17.7 Å². The first-order valence-corrected chi connectivity index (χ1v) is 6.54. The predicted octanol–water partition coefficient (Wildman–Crippen LogP) is 2.84. The minimum Gasteiger partial charge on any atom is -0.368 e. The van der Waals surface area contributed by atoms with Gasteiger partial charge in [0.2, 0.25) is 5.91 Å². The summed E-state index contributed by atoms with van der Waals surface area (Å²) in [5.74, 6) is -1.65. The SMILES string of the molecule is C[C@H](N[C@@H](C(N)=O)c1ccccc1)c1cc(F)ccc1F. The van der Waals surface area contributed by atoms with Gasteiger partial charge >= 0.3 is 0 Å². The largest absolute Gasteiger partial charge is 0.368 e. The number of rotatable bonds is 5. The number of hydrogen-bond donors (Lipinski definition) is 2. The molecule has 0 aliphatic heterocycles. The quantitative estimate of drug-likeness (QED) is 0.889. The van der Waals surface area contributed by atoms with Gasteiger partial charge in [-0.15, -0.1) is 0 Å². The highest BCUT2D eigenvalue weighted by molar-refractivity contribution is 5.81. The summed E-state index contributed by atoms with van der Waals surface area (Å²) in [4.78, 5) is 11.6. The minimum atomic E-state index is -0.774. The second kappa shape index (κ2) is 6.45. The monoisotopic (exact) mass is 290 g/mol. The molecule has 0 heterocycles. The van der Waals surface area contributed by atoms with Gasteiger partial charge in [0.05, 0.1) is 0 Å². The van der Waals surface area contributed by atoms with Gasteiger partial charge in [-0.3, -0.25) is 10.1 Å². The number of benzene rings is 2. The Bertz CT molecular complexity index is 631. The van der Waals surface area contributed by atoms with Crippen molar-refractivity contribution in [3.05, 3.63) is 71.3 Å². The smallest absolute Gasteiger partial charge is 0.239 e. The Balaban J connectivity index is 2.25. The molecule has 2 atom stereocenters. The van der Waals surface area contributed by atoms with Crippen molar-refractivity contribution < 1.29 is 13.6 Å². The van der Waals surface area contributed by atoms with Gasteiger partial charge in [-0.1, -0.05) is 30.3 Å². The number of primary amides is 1. The fourth-order valence-electron chi connectivity index (χ4n) is 2.17. The summed E-state index contributed by atoms with van der Waals surface area (Å²) in [6, 6.07) is 10.7. The average molecular weight is 290 g/mol. The molecule has 0 saturated heterocycles. The Labute approximate surface area is 121 Å². The van der Waals surface area contributed by atoms with Gasteiger partial charge in [-0.05, 0) is 30.7 Å². The Kier molecular flexibility index (Phi) is 4.65. The Hall–Kier alpha value is -2.27. The van der Waals surface area contributed by atoms with E-state index in [0.29, 0.717) is 5.56 Å². The summed E-state index contributed by atoms with van der Waals surface area (Å²) in [6.07, 6.45) is 0. The number of amides is 1. The van der Waals surface area contributed by atoms with Crippen LogP contribution in [-0.2, 0) is 4.79 Å². The third-order valence-corrected chi connectivity index (χ3v) is 3.26. The van der Waals surface area contributed by atoms with E-state index in [4.69, 9.17) is 5.73 Å². The summed E-state index contributed by atoms with van der Waals surface area (Å²) in [5.41, 5.74) is 6.22. The van der Waals surface area contributed by atoms with Crippen molar-refractivity contribution in [2.75, 3.05) is 0 Å². The lowest BCUT2D eigenvalue weighted by atomic mass is 10.0. The first kappa shape index (κ1) is 15.1. The van der Waals surface area contributed by atoms with Crippen LogP contribution in [0, 0.1) is 11.6 Å². The van der Waals surface area contributed by atoms with E-state index in [1.54, 1.807) is 31.2 Å². The minimum absolute atomic E-state index is 0.150. The number of carbonyl (C=O) groups is 1. The van der Waals surface area contributed by atoms with Crippen molar-refractivity contribution in [3.8, 4) is 0 Å². The summed E-state index contributed by atoms with van der Waals surface area (Å²) in [7, 11) is 0. The number of carbonyl (C=O) groups excluding carboxylic acids is 1. The molecule has 2 aromatic rings. The Morgan fingerprint density at radius 3 is 2.43 bits per heavy atom. The predicted molar refractivity (Wildman–Crippen MR) is 76.3 cm³/mol. The molecule has 0 saturated carbocycles. The third-order valence-electron chi connectivity index (χ3n) is 3.26. The molecule has 0 bridgehead atoms. The maximum atomic E-state index is 13.8. The highest BCUT2D eigenvalue weighted by Crippen LogP contribution is 2.22. The van der Waals surface area contributed by atoms with Gasteiger partial charge in [-0.2, -0.15) is 0 Å². The number of hydrogen-bond acceptors (Lipinski definition) is 2. The van der Waals surface area contributed by atoms with Gasteiger partial charge in [0, 0.05) is 11.6 Å². The van der Waals surface area contributed by atoms with Crippen LogP contribution in [0.2, 0.25) is 0 Å². The zero-order chi connectivity index (χ0) is 15.4. The van der Waals surface area contributed by atoms with Crippen molar-refractivity contribution in [3.63, 3.8) is 0 Å². The molecule has 0 aliphatic rings. The van der Waals surface area contributed by atoms with Crippen LogP contribution in [0.1, 0.15) is 30.1 Å². The topological polar surface area (TPSA) is 55.1 Å². The molecule has 2 aromatic carbocycles. The molecule has 110 valence electrons. The average Bonchev–Trinajstić information content (AvgIpc) is 2.47. The molecule has 1 amide bonds. The highest BCUT2D eigenvalue weighted by atomic mass is 19.1. The fourth-order valence-corrected chi connectivity index (χ4v) is 2.17. The molecule has 3 N–H and O–H groups in total.